The van der Waals surface area contributed by atoms with Crippen molar-refractivity contribution in [3.8, 4) is 5.75 Å². The molecule has 2 aromatic carbocycles. The van der Waals surface area contributed by atoms with Gasteiger partial charge in [-0.1, -0.05) is 37.6 Å². The number of urea groups is 1. The van der Waals surface area contributed by atoms with Gasteiger partial charge < -0.3 is 20.1 Å². The molecule has 3 aliphatic rings. The monoisotopic (exact) mass is 592 g/mol. The van der Waals surface area contributed by atoms with Crippen molar-refractivity contribution in [2.45, 2.75) is 65.1 Å². The summed E-state index contributed by atoms with van der Waals surface area (Å²) in [6.45, 7) is 5.77. The van der Waals surface area contributed by atoms with E-state index in [-0.39, 0.29) is 25.3 Å². The van der Waals surface area contributed by atoms with Crippen LogP contribution in [-0.2, 0) is 17.5 Å². The number of amides is 2. The summed E-state index contributed by atoms with van der Waals surface area (Å²) in [4.78, 5) is 25.9. The second kappa shape index (κ2) is 11.0. The van der Waals surface area contributed by atoms with E-state index >= 15 is 0 Å². The fraction of sp³-hybridized carbons (Fsp3) is 0.548. The van der Waals surface area contributed by atoms with Crippen LogP contribution in [-0.4, -0.2) is 35.2 Å². The van der Waals surface area contributed by atoms with Gasteiger partial charge in [0.1, 0.15) is 5.75 Å². The lowest BCUT2D eigenvalue weighted by atomic mass is 9.49. The fourth-order valence-electron chi connectivity index (χ4n) is 7.56. The number of carbonyl (C=O) groups excluding carboxylic acids is 1. The summed E-state index contributed by atoms with van der Waals surface area (Å²) < 4.78 is 45.9. The van der Waals surface area contributed by atoms with Crippen molar-refractivity contribution in [2.24, 2.45) is 28.6 Å². The van der Waals surface area contributed by atoms with Crippen molar-refractivity contribution >= 4 is 29.3 Å². The molecule has 2 N–H and O–H groups in total. The number of ether oxygens (including phenoxy) is 1. The molecule has 0 saturated heterocycles. The van der Waals surface area contributed by atoms with Crippen LogP contribution < -0.4 is 10.1 Å². The normalized spacial score (nSPS) is 25.8. The molecule has 5 rings (SSSR count). The van der Waals surface area contributed by atoms with Gasteiger partial charge in [-0.05, 0) is 96.6 Å². The number of rotatable bonds is 10. The number of nitrogens with one attached hydrogen (secondary N) is 1. The zero-order valence-electron chi connectivity index (χ0n) is 23.3. The average molecular weight is 593 g/mol. The minimum Gasteiger partial charge on any atom is -0.494 e. The predicted octanol–water partition coefficient (Wildman–Crippen LogP) is 8.10. The zero-order chi connectivity index (χ0) is 29.6. The van der Waals surface area contributed by atoms with E-state index in [1.165, 1.54) is 18.9 Å². The van der Waals surface area contributed by atoms with Gasteiger partial charge in [0, 0.05) is 25.2 Å². The molecule has 0 bridgehead atoms. The zero-order valence-corrected chi connectivity index (χ0v) is 24.0. The van der Waals surface area contributed by atoms with Crippen LogP contribution >= 0.6 is 11.6 Å². The number of hydrogen-bond donors (Lipinski definition) is 2. The Morgan fingerprint density at radius 1 is 1.15 bits per heavy atom. The Bertz CT molecular complexity index is 1300. The van der Waals surface area contributed by atoms with Crippen molar-refractivity contribution in [3.05, 3.63) is 58.6 Å². The third-order valence-electron chi connectivity index (χ3n) is 9.58. The Hall–Kier alpha value is -2.94. The highest BCUT2D eigenvalue weighted by molar-refractivity contribution is 6.31. The van der Waals surface area contributed by atoms with E-state index in [0.29, 0.717) is 41.4 Å². The molecule has 222 valence electrons. The number of alkyl halides is 3. The Labute approximate surface area is 243 Å². The second-order valence-electron chi connectivity index (χ2n) is 12.5. The van der Waals surface area contributed by atoms with E-state index in [0.717, 1.165) is 36.5 Å². The van der Waals surface area contributed by atoms with Crippen LogP contribution in [0.3, 0.4) is 0 Å². The van der Waals surface area contributed by atoms with Crippen LogP contribution in [0.4, 0.5) is 23.7 Å². The van der Waals surface area contributed by atoms with Crippen molar-refractivity contribution in [1.82, 2.24) is 4.90 Å². The fourth-order valence-corrected chi connectivity index (χ4v) is 7.78. The minimum atomic E-state index is -4.64. The number of carboxylic acids is 1. The van der Waals surface area contributed by atoms with E-state index in [2.05, 4.69) is 19.2 Å². The molecule has 3 aliphatic carbocycles. The predicted molar refractivity (Wildman–Crippen MR) is 150 cm³/mol. The van der Waals surface area contributed by atoms with Crippen LogP contribution in [0.5, 0.6) is 5.75 Å². The Morgan fingerprint density at radius 3 is 2.54 bits per heavy atom. The Morgan fingerprint density at radius 2 is 1.88 bits per heavy atom. The lowest BCUT2D eigenvalue weighted by Crippen LogP contribution is -2.50. The molecule has 3 saturated carbocycles. The summed E-state index contributed by atoms with van der Waals surface area (Å²) in [6, 6.07) is 10.2. The van der Waals surface area contributed by atoms with Crippen molar-refractivity contribution in [1.29, 1.82) is 0 Å². The summed E-state index contributed by atoms with van der Waals surface area (Å²) in [5.41, 5.74) is 0.717. The molecule has 0 heterocycles. The molecule has 6 nitrogen and oxygen atoms in total. The number of hydrogen-bond acceptors (Lipinski definition) is 3. The molecule has 2 aromatic rings. The molecule has 41 heavy (non-hydrogen) atoms. The van der Waals surface area contributed by atoms with Gasteiger partial charge in [0.05, 0.1) is 17.2 Å². The first-order valence-electron chi connectivity index (χ1n) is 14.2. The van der Waals surface area contributed by atoms with Crippen molar-refractivity contribution in [3.63, 3.8) is 0 Å². The van der Waals surface area contributed by atoms with Crippen molar-refractivity contribution < 1.29 is 32.6 Å². The minimum absolute atomic E-state index is 0.0290. The summed E-state index contributed by atoms with van der Waals surface area (Å²) in [5, 5.41) is 11.0. The quantitative estimate of drug-likeness (QED) is 0.273. The number of carboxylic acid groups (broad SMARTS) is 1. The molecular formula is C31H36ClF3N2O4. The smallest absolute Gasteiger partial charge is 0.417 e. The number of aliphatic carboxylic acids is 1. The van der Waals surface area contributed by atoms with E-state index in [9.17, 15) is 22.8 Å². The van der Waals surface area contributed by atoms with E-state index < -0.39 is 28.8 Å². The number of benzene rings is 2. The van der Waals surface area contributed by atoms with Crippen LogP contribution in [0.25, 0.3) is 0 Å². The van der Waals surface area contributed by atoms with E-state index in [1.54, 1.807) is 17.0 Å². The van der Waals surface area contributed by atoms with Gasteiger partial charge in [-0.25, -0.2) is 4.79 Å². The summed E-state index contributed by atoms with van der Waals surface area (Å²) in [6.07, 6.45) is 0.360. The largest absolute Gasteiger partial charge is 0.494 e. The average Bonchev–Trinajstić information content (AvgIpc) is 3.59. The third kappa shape index (κ3) is 6.15. The van der Waals surface area contributed by atoms with Gasteiger partial charge in [-0.3, -0.25) is 4.79 Å². The molecule has 0 radical (unpaired) electrons. The molecule has 1 spiro atoms. The van der Waals surface area contributed by atoms with Crippen LogP contribution in [0.1, 0.15) is 63.5 Å². The second-order valence-corrected chi connectivity index (χ2v) is 12.9. The molecule has 4 atom stereocenters. The van der Waals surface area contributed by atoms with Crippen molar-refractivity contribution in [2.75, 3.05) is 18.5 Å². The maximum Gasteiger partial charge on any atom is 0.417 e. The number of nitrogens with zero attached hydrogens (tertiary/aromatic N) is 1. The van der Waals surface area contributed by atoms with Gasteiger partial charge in [0.2, 0.25) is 0 Å². The SMILES string of the molecule is CC1(C)C2C[C@@H](CN(Cc3ccc(OCCCC(=O)O)cc3)C(=O)Nc3ccc(Cl)c(C(F)(F)F)c3)CCC23CC13. The molecular weight excluding hydrogens is 557 g/mol. The van der Waals surface area contributed by atoms with Crippen LogP contribution in [0.15, 0.2) is 42.5 Å². The first-order chi connectivity index (χ1) is 19.3. The first-order valence-corrected chi connectivity index (χ1v) is 14.5. The highest BCUT2D eigenvalue weighted by Crippen LogP contribution is 2.84. The summed E-state index contributed by atoms with van der Waals surface area (Å²) in [7, 11) is 0. The molecule has 3 unspecified atom stereocenters. The maximum atomic E-state index is 13.5. The van der Waals surface area contributed by atoms with Gasteiger partial charge in [0.15, 0.2) is 0 Å². The lowest BCUT2D eigenvalue weighted by Gasteiger charge is -2.56. The molecule has 0 aromatic heterocycles. The summed E-state index contributed by atoms with van der Waals surface area (Å²) >= 11 is 5.77. The van der Waals surface area contributed by atoms with Gasteiger partial charge in [-0.15, -0.1) is 0 Å². The molecule has 10 heteroatoms. The highest BCUT2D eigenvalue weighted by Gasteiger charge is 2.77. The molecule has 3 fully saturated rings. The van der Waals surface area contributed by atoms with Gasteiger partial charge in [0.25, 0.3) is 0 Å². The Balaban J connectivity index is 1.28. The lowest BCUT2D eigenvalue weighted by molar-refractivity contribution is -0.138. The number of halogens is 4. The van der Waals surface area contributed by atoms with Gasteiger partial charge >= 0.3 is 18.2 Å². The maximum absolute atomic E-state index is 13.5. The van der Waals surface area contributed by atoms with E-state index in [1.807, 2.05) is 12.1 Å². The van der Waals surface area contributed by atoms with Crippen LogP contribution in [0, 0.1) is 28.6 Å². The number of anilines is 1. The van der Waals surface area contributed by atoms with Crippen LogP contribution in [0.2, 0.25) is 5.02 Å². The standard InChI is InChI=1S/C31H36ClF3N2O4/c1-29(2)25-14-20(11-12-30(25)16-26(29)30)18-37(17-19-5-8-22(9-6-19)41-13-3-4-27(38)39)28(40)36-21-7-10-24(32)23(15-21)31(33,34)35/h5-10,15,20,25-26H,3-4,11-14,16-18H2,1-2H3,(H,36,40)(H,38,39)/t20-,25?,26?,30?/m0/s1. The summed E-state index contributed by atoms with van der Waals surface area (Å²) in [5.74, 6) is 1.50. The van der Waals surface area contributed by atoms with Gasteiger partial charge in [-0.2, -0.15) is 13.2 Å². The highest BCUT2D eigenvalue weighted by atomic mass is 35.5. The molecule has 2 amide bonds. The Kier molecular flexibility index (Phi) is 7.96. The number of carbonyl (C=O) groups is 2. The first kappa shape index (κ1) is 29.5. The third-order valence-corrected chi connectivity index (χ3v) is 9.91. The topological polar surface area (TPSA) is 78.9 Å². The molecule has 0 aliphatic heterocycles. The van der Waals surface area contributed by atoms with E-state index in [4.69, 9.17) is 21.4 Å².